The Morgan fingerprint density at radius 1 is 0.404 bits per heavy atom. The molecule has 6 aromatic heterocycles. The zero-order valence-electron chi connectivity index (χ0n) is 30.2. The minimum Gasteiger partial charge on any atom is -0.453 e. The predicted molar refractivity (Wildman–Crippen MR) is 226 cm³/mol. The molecule has 57 heavy (non-hydrogen) atoms. The molecule has 7 aromatic carbocycles. The van der Waals surface area contributed by atoms with E-state index in [1.807, 2.05) is 53.1 Å². The lowest BCUT2D eigenvalue weighted by Crippen LogP contribution is -2.01. The smallest absolute Gasteiger partial charge is 0.237 e. The highest BCUT2D eigenvalue weighted by Crippen LogP contribution is 2.36. The van der Waals surface area contributed by atoms with Crippen molar-refractivity contribution in [2.75, 3.05) is 0 Å². The Morgan fingerprint density at radius 3 is 1.67 bits per heavy atom. The topological polar surface area (TPSA) is 83.4 Å². The van der Waals surface area contributed by atoms with Crippen LogP contribution in [0.2, 0.25) is 0 Å². The first-order valence-corrected chi connectivity index (χ1v) is 18.9. The van der Waals surface area contributed by atoms with Gasteiger partial charge in [-0.05, 0) is 95.1 Å². The number of furan rings is 1. The summed E-state index contributed by atoms with van der Waals surface area (Å²) >= 11 is 0. The molecule has 9 nitrogen and oxygen atoms in total. The Bertz CT molecular complexity index is 3750. The number of rotatable bonds is 4. The maximum atomic E-state index is 6.07. The molecule has 0 unspecified atom stereocenters. The van der Waals surface area contributed by atoms with Crippen LogP contribution in [0.4, 0.5) is 0 Å². The summed E-state index contributed by atoms with van der Waals surface area (Å²) in [6, 6.07) is 57.1. The molecule has 0 N–H and O–H groups in total. The molecular weight excluding hydrogens is 705 g/mol. The number of hydrogen-bond donors (Lipinski definition) is 0. The Balaban J connectivity index is 1.02. The molecule has 0 fully saturated rings. The van der Waals surface area contributed by atoms with Crippen molar-refractivity contribution in [2.45, 2.75) is 0 Å². The van der Waals surface area contributed by atoms with Crippen LogP contribution in [-0.2, 0) is 0 Å². The van der Waals surface area contributed by atoms with Crippen LogP contribution in [0.5, 0.6) is 0 Å². The van der Waals surface area contributed by atoms with E-state index in [0.29, 0.717) is 11.5 Å². The van der Waals surface area contributed by atoms with Crippen LogP contribution in [0.1, 0.15) is 0 Å². The van der Waals surface area contributed by atoms with Gasteiger partial charge in [-0.25, -0.2) is 24.5 Å². The van der Waals surface area contributed by atoms with Gasteiger partial charge in [0.25, 0.3) is 0 Å². The number of imidazole rings is 4. The van der Waals surface area contributed by atoms with Crippen LogP contribution in [-0.4, -0.2) is 37.9 Å². The summed E-state index contributed by atoms with van der Waals surface area (Å²) in [5.74, 6) is 2.15. The van der Waals surface area contributed by atoms with Crippen LogP contribution < -0.4 is 0 Å². The molecule has 0 aliphatic heterocycles. The van der Waals surface area contributed by atoms with Gasteiger partial charge in [-0.2, -0.15) is 0 Å². The highest BCUT2D eigenvalue weighted by atomic mass is 16.3. The number of para-hydroxylation sites is 5. The van der Waals surface area contributed by atoms with E-state index in [1.54, 1.807) is 6.20 Å². The summed E-state index contributed by atoms with van der Waals surface area (Å²) < 4.78 is 14.9. The van der Waals surface area contributed by atoms with Crippen LogP contribution >= 0.6 is 0 Å². The molecular formula is C48H28N8O. The Labute approximate surface area is 322 Å². The van der Waals surface area contributed by atoms with Crippen LogP contribution in [0, 0.1) is 0 Å². The molecule has 0 spiro atoms. The van der Waals surface area contributed by atoms with Crippen molar-refractivity contribution >= 4 is 77.8 Å². The zero-order chi connectivity index (χ0) is 37.2. The van der Waals surface area contributed by atoms with Gasteiger partial charge in [0.2, 0.25) is 17.5 Å². The Hall–Kier alpha value is -8.04. The molecule has 13 aromatic rings. The van der Waals surface area contributed by atoms with Crippen molar-refractivity contribution in [3.8, 4) is 33.9 Å². The van der Waals surface area contributed by atoms with Gasteiger partial charge in [-0.3, -0.25) is 13.4 Å². The molecule has 0 atom stereocenters. The minimum absolute atomic E-state index is 0.533. The number of aromatic nitrogens is 8. The summed E-state index contributed by atoms with van der Waals surface area (Å²) in [6.45, 7) is 0. The lowest BCUT2D eigenvalue weighted by atomic mass is 10.0. The van der Waals surface area contributed by atoms with Crippen molar-refractivity contribution in [1.29, 1.82) is 0 Å². The van der Waals surface area contributed by atoms with Crippen LogP contribution in [0.15, 0.2) is 174 Å². The zero-order valence-corrected chi connectivity index (χ0v) is 30.2. The van der Waals surface area contributed by atoms with Crippen molar-refractivity contribution < 1.29 is 4.42 Å². The lowest BCUT2D eigenvalue weighted by molar-refractivity contribution is 0.665. The van der Waals surface area contributed by atoms with E-state index in [0.717, 1.165) is 89.0 Å². The molecule has 0 aliphatic carbocycles. The van der Waals surface area contributed by atoms with Gasteiger partial charge in [0.05, 0.1) is 50.3 Å². The normalized spacial score (nSPS) is 12.2. The fourth-order valence-corrected chi connectivity index (χ4v) is 8.65. The van der Waals surface area contributed by atoms with Gasteiger partial charge in [0, 0.05) is 11.1 Å². The second-order valence-corrected chi connectivity index (χ2v) is 14.4. The van der Waals surface area contributed by atoms with Gasteiger partial charge in [0.1, 0.15) is 11.1 Å². The fraction of sp³-hybridized carbons (Fsp3) is 0. The number of nitrogens with zero attached hydrogens (tertiary/aromatic N) is 8. The molecule has 0 saturated heterocycles. The molecule has 0 radical (unpaired) electrons. The number of hydrogen-bond acceptors (Lipinski definition) is 5. The minimum atomic E-state index is 0.533. The second-order valence-electron chi connectivity index (χ2n) is 14.4. The van der Waals surface area contributed by atoms with Crippen molar-refractivity contribution in [2.24, 2.45) is 0 Å². The average Bonchev–Trinajstić information content (AvgIpc) is 4.07. The molecule has 0 amide bonds. The number of benzene rings is 7. The number of fused-ring (bicyclic) bond motifs is 13. The van der Waals surface area contributed by atoms with Crippen molar-refractivity contribution in [3.05, 3.63) is 170 Å². The first-order chi connectivity index (χ1) is 28.2. The highest BCUT2D eigenvalue weighted by Gasteiger charge is 2.22. The Kier molecular flexibility index (Phi) is 5.98. The van der Waals surface area contributed by atoms with E-state index in [-0.39, 0.29) is 0 Å². The van der Waals surface area contributed by atoms with E-state index >= 15 is 0 Å². The molecule has 0 saturated carbocycles. The largest absolute Gasteiger partial charge is 0.453 e. The quantitative estimate of drug-likeness (QED) is 0.180. The summed E-state index contributed by atoms with van der Waals surface area (Å²) in [4.78, 5) is 20.2. The fourth-order valence-electron chi connectivity index (χ4n) is 8.65. The molecule has 9 heteroatoms. The first kappa shape index (κ1) is 30.3. The average molecular weight is 733 g/mol. The highest BCUT2D eigenvalue weighted by molar-refractivity contribution is 6.03. The third-order valence-electron chi connectivity index (χ3n) is 11.3. The maximum Gasteiger partial charge on any atom is 0.237 e. The monoisotopic (exact) mass is 732 g/mol. The first-order valence-electron chi connectivity index (χ1n) is 18.9. The summed E-state index contributed by atoms with van der Waals surface area (Å²) in [5.41, 5.74) is 15.8. The van der Waals surface area contributed by atoms with E-state index < -0.39 is 0 Å². The second kappa shape index (κ2) is 11.2. The molecule has 6 heterocycles. The lowest BCUT2D eigenvalue weighted by Gasteiger charge is -2.09. The van der Waals surface area contributed by atoms with Crippen molar-refractivity contribution in [1.82, 2.24) is 37.9 Å². The standard InChI is InChI=1S/C48H28N8O/c1-2-10-29(11-3-1)30-18-22-33(23-19-30)53-39-24-20-31(26-41(39)54-37-15-7-5-13-35(37)50-47(53)54)32-21-25-40-42(27-32)55-38-16-8-6-14-36(38)51-48(55)56(40)46-49-28-44-45(52-46)34-12-4-9-17-43(34)57-44/h1-28H. The SMILES string of the molecule is c1ccc(-c2ccc(-n3c4ccc(-c5ccc6c(c5)n5c7ccccc7nc5n6-c5ncc6oc7ccccc7c6n5)cc4n4c5ccccc5nc34)cc2)cc1. The summed E-state index contributed by atoms with van der Waals surface area (Å²) in [5, 5.41) is 0.952. The van der Waals surface area contributed by atoms with Crippen LogP contribution in [0.25, 0.3) is 112 Å². The molecule has 266 valence electrons. The van der Waals surface area contributed by atoms with Gasteiger partial charge in [-0.1, -0.05) is 91.0 Å². The molecule has 13 rings (SSSR count). The third kappa shape index (κ3) is 4.27. The van der Waals surface area contributed by atoms with E-state index in [1.165, 1.54) is 11.1 Å². The van der Waals surface area contributed by atoms with Gasteiger partial charge >= 0.3 is 0 Å². The van der Waals surface area contributed by atoms with E-state index in [4.69, 9.17) is 24.4 Å². The third-order valence-corrected chi connectivity index (χ3v) is 11.3. The van der Waals surface area contributed by atoms with Gasteiger partial charge in [-0.15, -0.1) is 0 Å². The predicted octanol–water partition coefficient (Wildman–Crippen LogP) is 11.2. The maximum absolute atomic E-state index is 6.07. The van der Waals surface area contributed by atoms with E-state index in [9.17, 15) is 0 Å². The van der Waals surface area contributed by atoms with Crippen molar-refractivity contribution in [3.63, 3.8) is 0 Å². The molecule has 0 bridgehead atoms. The van der Waals surface area contributed by atoms with Crippen LogP contribution in [0.3, 0.4) is 0 Å². The molecule has 0 aliphatic rings. The van der Waals surface area contributed by atoms with E-state index in [2.05, 4.69) is 129 Å². The van der Waals surface area contributed by atoms with Gasteiger partial charge in [0.15, 0.2) is 5.58 Å². The summed E-state index contributed by atoms with van der Waals surface area (Å²) in [7, 11) is 0. The Morgan fingerprint density at radius 2 is 0.965 bits per heavy atom. The summed E-state index contributed by atoms with van der Waals surface area (Å²) in [6.07, 6.45) is 1.76. The van der Waals surface area contributed by atoms with Gasteiger partial charge < -0.3 is 4.42 Å².